The summed E-state index contributed by atoms with van der Waals surface area (Å²) in [6, 6.07) is 0. The second-order valence-electron chi connectivity index (χ2n) is 4.16. The van der Waals surface area contributed by atoms with Crippen molar-refractivity contribution in [2.45, 2.75) is 74.1 Å². The lowest BCUT2D eigenvalue weighted by molar-refractivity contribution is 0.198. The van der Waals surface area contributed by atoms with Gasteiger partial charge in [-0.2, -0.15) is 0 Å². The predicted molar refractivity (Wildman–Crippen MR) is 64.1 cm³/mol. The lowest BCUT2D eigenvalue weighted by Gasteiger charge is -2.32. The molecule has 0 aromatic carbocycles. The summed E-state index contributed by atoms with van der Waals surface area (Å²) in [5, 5.41) is 0. The Morgan fingerprint density at radius 2 is 1.15 bits per heavy atom. The first-order valence-electron chi connectivity index (χ1n) is 6.10. The first kappa shape index (κ1) is 15.5. The zero-order chi connectivity index (χ0) is 10.9. The van der Waals surface area contributed by atoms with E-state index < -0.39 is 0 Å². The Morgan fingerprint density at radius 1 is 0.846 bits per heavy atom. The normalized spacial score (nSPS) is 11.1. The van der Waals surface area contributed by atoms with E-state index >= 15 is 0 Å². The zero-order valence-corrected chi connectivity index (χ0v) is 10.9. The van der Waals surface area contributed by atoms with Crippen molar-refractivity contribution in [2.24, 2.45) is 11.3 Å². The molecule has 0 saturated carbocycles. The van der Waals surface area contributed by atoms with Gasteiger partial charge in [-0.05, 0) is 17.8 Å². The molecule has 0 unspecified atom stereocenters. The van der Waals surface area contributed by atoms with Gasteiger partial charge in [-0.25, -0.2) is 0 Å². The molecular weight excluding hydrogens is 156 g/mol. The highest BCUT2D eigenvalue weighted by Crippen LogP contribution is 2.36. The maximum absolute atomic E-state index is 2.33. The molecule has 0 heteroatoms. The number of hydrogen-bond donors (Lipinski definition) is 0. The van der Waals surface area contributed by atoms with Gasteiger partial charge in [0, 0.05) is 0 Å². The Bertz CT molecular complexity index is 79.9. The van der Waals surface area contributed by atoms with E-state index in [1.807, 2.05) is 13.8 Å². The van der Waals surface area contributed by atoms with Crippen molar-refractivity contribution in [3.8, 4) is 0 Å². The lowest BCUT2D eigenvalue weighted by Crippen LogP contribution is -2.19. The van der Waals surface area contributed by atoms with E-state index in [2.05, 4.69) is 34.6 Å². The van der Waals surface area contributed by atoms with Gasteiger partial charge >= 0.3 is 0 Å². The summed E-state index contributed by atoms with van der Waals surface area (Å²) in [4.78, 5) is 0. The Labute approximate surface area is 86.1 Å². The van der Waals surface area contributed by atoms with Crippen LogP contribution in [0.15, 0.2) is 0 Å². The van der Waals surface area contributed by atoms with Gasteiger partial charge in [-0.3, -0.25) is 0 Å². The van der Waals surface area contributed by atoms with E-state index in [0.717, 1.165) is 5.92 Å². The van der Waals surface area contributed by atoms with E-state index in [-0.39, 0.29) is 0 Å². The van der Waals surface area contributed by atoms with Crippen molar-refractivity contribution in [3.05, 3.63) is 0 Å². The average molecular weight is 186 g/mol. The smallest absolute Gasteiger partial charge is 0.0303 e. The van der Waals surface area contributed by atoms with Crippen LogP contribution in [0.5, 0.6) is 0 Å². The van der Waals surface area contributed by atoms with Crippen LogP contribution >= 0.6 is 0 Å². The minimum atomic E-state index is 0.647. The van der Waals surface area contributed by atoms with Crippen LogP contribution in [-0.2, 0) is 0 Å². The van der Waals surface area contributed by atoms with Crippen molar-refractivity contribution >= 4 is 0 Å². The van der Waals surface area contributed by atoms with Gasteiger partial charge in [0.05, 0.1) is 0 Å². The first-order chi connectivity index (χ1) is 6.10. The molecule has 0 amide bonds. The third-order valence-electron chi connectivity index (χ3n) is 3.09. The Kier molecular flexibility index (Phi) is 10.2. The summed E-state index contributed by atoms with van der Waals surface area (Å²) in [6.07, 6.45) is 5.44. The Hall–Kier alpha value is 0. The van der Waals surface area contributed by atoms with Crippen molar-refractivity contribution in [3.63, 3.8) is 0 Å². The fourth-order valence-electron chi connectivity index (χ4n) is 2.05. The first-order valence-corrected chi connectivity index (χ1v) is 6.10. The fraction of sp³-hybridized carbons (Fsp3) is 1.00. The van der Waals surface area contributed by atoms with E-state index in [9.17, 15) is 0 Å². The van der Waals surface area contributed by atoms with Crippen LogP contribution < -0.4 is 0 Å². The van der Waals surface area contributed by atoms with E-state index in [1.165, 1.54) is 25.7 Å². The molecule has 0 aliphatic heterocycles. The average Bonchev–Trinajstić information content (AvgIpc) is 2.17. The summed E-state index contributed by atoms with van der Waals surface area (Å²) in [5.74, 6) is 0.856. The van der Waals surface area contributed by atoms with Crippen LogP contribution in [0.1, 0.15) is 74.1 Å². The Balaban J connectivity index is 0. The lowest BCUT2D eigenvalue weighted by atomic mass is 9.74. The van der Waals surface area contributed by atoms with E-state index in [1.54, 1.807) is 0 Å². The molecule has 0 aliphatic rings. The summed E-state index contributed by atoms with van der Waals surface area (Å²) >= 11 is 0. The number of hydrogen-bond acceptors (Lipinski definition) is 0. The van der Waals surface area contributed by atoms with Crippen molar-refractivity contribution < 1.29 is 0 Å². The van der Waals surface area contributed by atoms with Gasteiger partial charge in [-0.1, -0.05) is 67.7 Å². The van der Waals surface area contributed by atoms with Crippen LogP contribution in [0.4, 0.5) is 0 Å². The summed E-state index contributed by atoms with van der Waals surface area (Å²) in [6.45, 7) is 15.6. The highest BCUT2D eigenvalue weighted by atomic mass is 14.3. The van der Waals surface area contributed by atoms with Crippen molar-refractivity contribution in [2.75, 3.05) is 0 Å². The molecule has 0 heterocycles. The number of rotatable bonds is 5. The third-order valence-corrected chi connectivity index (χ3v) is 3.09. The van der Waals surface area contributed by atoms with Crippen molar-refractivity contribution in [1.82, 2.24) is 0 Å². The molecule has 0 aromatic rings. The maximum Gasteiger partial charge on any atom is -0.0303 e. The molecular formula is C13H30. The molecule has 0 saturated heterocycles. The topological polar surface area (TPSA) is 0 Å². The minimum Gasteiger partial charge on any atom is -0.0683 e. The molecule has 13 heavy (non-hydrogen) atoms. The molecule has 0 radical (unpaired) electrons. The largest absolute Gasteiger partial charge is 0.0683 e. The second kappa shape index (κ2) is 8.59. The van der Waals surface area contributed by atoms with E-state index in [0.29, 0.717) is 5.41 Å². The van der Waals surface area contributed by atoms with Gasteiger partial charge in [0.25, 0.3) is 0 Å². The molecule has 0 atom stereocenters. The summed E-state index contributed by atoms with van der Waals surface area (Å²) in [5.41, 5.74) is 0.647. The highest BCUT2D eigenvalue weighted by Gasteiger charge is 2.24. The van der Waals surface area contributed by atoms with Gasteiger partial charge in [0.1, 0.15) is 0 Å². The van der Waals surface area contributed by atoms with Crippen LogP contribution in [0, 0.1) is 11.3 Å². The molecule has 0 spiro atoms. The summed E-state index contributed by atoms with van der Waals surface area (Å²) < 4.78 is 0. The SMILES string of the molecule is CC.CCC(CC)(CC)CC(C)C. The molecule has 0 rings (SSSR count). The highest BCUT2D eigenvalue weighted by molar-refractivity contribution is 4.75. The fourth-order valence-corrected chi connectivity index (χ4v) is 2.05. The Morgan fingerprint density at radius 3 is 1.23 bits per heavy atom. The monoisotopic (exact) mass is 186 g/mol. The standard InChI is InChI=1S/C11H24.C2H6/c1-6-11(7-2,8-3)9-10(4)5;1-2/h10H,6-9H2,1-5H3;1-2H3. The van der Waals surface area contributed by atoms with E-state index in [4.69, 9.17) is 0 Å². The van der Waals surface area contributed by atoms with Crippen LogP contribution in [0.3, 0.4) is 0 Å². The van der Waals surface area contributed by atoms with Gasteiger partial charge in [0.2, 0.25) is 0 Å². The van der Waals surface area contributed by atoms with Crippen LogP contribution in [-0.4, -0.2) is 0 Å². The zero-order valence-electron chi connectivity index (χ0n) is 10.9. The summed E-state index contributed by atoms with van der Waals surface area (Å²) in [7, 11) is 0. The van der Waals surface area contributed by atoms with Gasteiger partial charge < -0.3 is 0 Å². The molecule has 0 nitrogen and oxygen atoms in total. The van der Waals surface area contributed by atoms with Gasteiger partial charge in [-0.15, -0.1) is 0 Å². The third kappa shape index (κ3) is 6.12. The molecule has 82 valence electrons. The molecule has 0 N–H and O–H groups in total. The minimum absolute atomic E-state index is 0.647. The van der Waals surface area contributed by atoms with Crippen molar-refractivity contribution in [1.29, 1.82) is 0 Å². The molecule has 0 aliphatic carbocycles. The quantitative estimate of drug-likeness (QED) is 0.548. The molecule has 0 bridgehead atoms. The predicted octanol–water partition coefficient (Wildman–Crippen LogP) is 5.28. The van der Waals surface area contributed by atoms with Crippen LogP contribution in [0.2, 0.25) is 0 Å². The second-order valence-corrected chi connectivity index (χ2v) is 4.16. The molecule has 0 fully saturated rings. The van der Waals surface area contributed by atoms with Gasteiger partial charge in [0.15, 0.2) is 0 Å². The molecule has 0 aromatic heterocycles. The maximum atomic E-state index is 2.33. The van der Waals surface area contributed by atoms with Crippen LogP contribution in [0.25, 0.3) is 0 Å².